The standard InChI is InChI=1S/C16H14BrN3O5/c17-12-6-2-1-5-11(12)16(24)19-18-13(21)10-25-15(23)9-20-8-4-3-7-14(20)22/h1-8H,9-10H2,(H,18,21)(H,19,24). The number of hydrazine groups is 1. The Kier molecular flexibility index (Phi) is 6.47. The summed E-state index contributed by atoms with van der Waals surface area (Å²) in [6.45, 7) is -0.896. The summed E-state index contributed by atoms with van der Waals surface area (Å²) in [5, 5.41) is 0. The molecule has 1 aromatic heterocycles. The van der Waals surface area contributed by atoms with Gasteiger partial charge in [-0.2, -0.15) is 0 Å². The monoisotopic (exact) mass is 407 g/mol. The molecule has 0 unspecified atom stereocenters. The van der Waals surface area contributed by atoms with Crippen LogP contribution in [-0.2, 0) is 20.9 Å². The van der Waals surface area contributed by atoms with E-state index in [1.165, 1.54) is 12.3 Å². The third-order valence-corrected chi connectivity index (χ3v) is 3.69. The molecule has 0 fully saturated rings. The number of amides is 2. The van der Waals surface area contributed by atoms with Crippen LogP contribution in [0.3, 0.4) is 0 Å². The number of hydrogen-bond donors (Lipinski definition) is 2. The second kappa shape index (κ2) is 8.78. The number of nitrogens with one attached hydrogen (secondary N) is 2. The number of aromatic nitrogens is 1. The zero-order chi connectivity index (χ0) is 18.2. The lowest BCUT2D eigenvalue weighted by Crippen LogP contribution is -2.43. The number of ether oxygens (including phenoxy) is 1. The number of nitrogens with zero attached hydrogens (tertiary/aromatic N) is 1. The van der Waals surface area contributed by atoms with E-state index in [-0.39, 0.29) is 12.1 Å². The largest absolute Gasteiger partial charge is 0.454 e. The third kappa shape index (κ3) is 5.57. The Balaban J connectivity index is 1.76. The molecule has 0 atom stereocenters. The third-order valence-electron chi connectivity index (χ3n) is 3.00. The molecule has 2 N–H and O–H groups in total. The Labute approximate surface area is 150 Å². The maximum Gasteiger partial charge on any atom is 0.326 e. The second-order valence-electron chi connectivity index (χ2n) is 4.81. The van der Waals surface area contributed by atoms with Gasteiger partial charge in [0.15, 0.2) is 6.61 Å². The number of carbonyl (C=O) groups is 3. The number of pyridine rings is 1. The molecule has 0 saturated heterocycles. The molecule has 0 saturated carbocycles. The Bertz CT molecular complexity index is 849. The van der Waals surface area contributed by atoms with Gasteiger partial charge in [-0.05, 0) is 34.1 Å². The molecule has 8 nitrogen and oxygen atoms in total. The van der Waals surface area contributed by atoms with Crippen molar-refractivity contribution in [1.29, 1.82) is 0 Å². The number of esters is 1. The van der Waals surface area contributed by atoms with Gasteiger partial charge >= 0.3 is 5.97 Å². The summed E-state index contributed by atoms with van der Waals surface area (Å²) in [7, 11) is 0. The Morgan fingerprint density at radius 2 is 1.76 bits per heavy atom. The number of rotatable bonds is 5. The average Bonchev–Trinajstić information content (AvgIpc) is 2.60. The van der Waals surface area contributed by atoms with Crippen LogP contribution in [0.4, 0.5) is 0 Å². The van der Waals surface area contributed by atoms with Gasteiger partial charge in [0, 0.05) is 16.7 Å². The zero-order valence-corrected chi connectivity index (χ0v) is 14.5. The van der Waals surface area contributed by atoms with Crippen molar-refractivity contribution in [2.24, 2.45) is 0 Å². The zero-order valence-electron chi connectivity index (χ0n) is 12.9. The van der Waals surface area contributed by atoms with E-state index in [4.69, 9.17) is 4.74 Å². The summed E-state index contributed by atoms with van der Waals surface area (Å²) in [6.07, 6.45) is 1.43. The summed E-state index contributed by atoms with van der Waals surface area (Å²) in [5.74, 6) is -1.99. The number of benzene rings is 1. The normalized spacial score (nSPS) is 9.96. The predicted molar refractivity (Wildman–Crippen MR) is 91.4 cm³/mol. The summed E-state index contributed by atoms with van der Waals surface area (Å²) in [4.78, 5) is 46.6. The first kappa shape index (κ1) is 18.4. The second-order valence-corrected chi connectivity index (χ2v) is 5.66. The molecule has 0 aliphatic carbocycles. The maximum atomic E-state index is 11.9. The summed E-state index contributed by atoms with van der Waals surface area (Å²) in [6, 6.07) is 11.1. The van der Waals surface area contributed by atoms with Crippen molar-refractivity contribution in [2.75, 3.05) is 6.61 Å². The van der Waals surface area contributed by atoms with Gasteiger partial charge in [0.2, 0.25) is 0 Å². The molecular formula is C16H14BrN3O5. The van der Waals surface area contributed by atoms with Crippen molar-refractivity contribution in [3.8, 4) is 0 Å². The van der Waals surface area contributed by atoms with E-state index in [0.717, 1.165) is 4.57 Å². The highest BCUT2D eigenvalue weighted by atomic mass is 79.9. The minimum absolute atomic E-state index is 0.309. The lowest BCUT2D eigenvalue weighted by atomic mass is 10.2. The Hall–Kier alpha value is -2.94. The van der Waals surface area contributed by atoms with E-state index in [9.17, 15) is 19.2 Å². The molecule has 0 bridgehead atoms. The van der Waals surface area contributed by atoms with E-state index in [0.29, 0.717) is 10.0 Å². The first-order valence-electron chi connectivity index (χ1n) is 7.12. The lowest BCUT2D eigenvalue weighted by Gasteiger charge is -2.09. The molecule has 1 aromatic carbocycles. The van der Waals surface area contributed by atoms with Crippen molar-refractivity contribution in [3.05, 3.63) is 69.1 Å². The summed E-state index contributed by atoms with van der Waals surface area (Å²) in [5.41, 5.74) is 4.32. The smallest absolute Gasteiger partial charge is 0.326 e. The first-order valence-corrected chi connectivity index (χ1v) is 7.91. The maximum absolute atomic E-state index is 11.9. The molecule has 0 aliphatic heterocycles. The molecule has 0 aliphatic rings. The molecule has 25 heavy (non-hydrogen) atoms. The van der Waals surface area contributed by atoms with Gasteiger partial charge in [0.25, 0.3) is 17.4 Å². The molecule has 130 valence electrons. The molecule has 2 rings (SSSR count). The van der Waals surface area contributed by atoms with Crippen LogP contribution in [0, 0.1) is 0 Å². The topological polar surface area (TPSA) is 106 Å². The lowest BCUT2D eigenvalue weighted by molar-refractivity contribution is -0.149. The van der Waals surface area contributed by atoms with Crippen LogP contribution < -0.4 is 16.4 Å². The fraction of sp³-hybridized carbons (Fsp3) is 0.125. The summed E-state index contributed by atoms with van der Waals surface area (Å²) < 4.78 is 6.47. The van der Waals surface area contributed by atoms with Crippen molar-refractivity contribution >= 4 is 33.7 Å². The number of carbonyl (C=O) groups excluding carboxylic acids is 3. The van der Waals surface area contributed by atoms with Crippen molar-refractivity contribution in [2.45, 2.75) is 6.54 Å². The van der Waals surface area contributed by atoms with Gasteiger partial charge in [-0.3, -0.25) is 30.0 Å². The first-order chi connectivity index (χ1) is 12.0. The molecule has 0 spiro atoms. The highest BCUT2D eigenvalue weighted by molar-refractivity contribution is 9.10. The SMILES string of the molecule is O=C(COC(=O)Cn1ccccc1=O)NNC(=O)c1ccccc1Br. The van der Waals surface area contributed by atoms with Gasteiger partial charge in [-0.15, -0.1) is 0 Å². The van der Waals surface area contributed by atoms with E-state index in [1.54, 1.807) is 36.4 Å². The van der Waals surface area contributed by atoms with Gasteiger partial charge in [0.1, 0.15) is 6.54 Å². The number of halogens is 1. The van der Waals surface area contributed by atoms with Gasteiger partial charge in [-0.1, -0.05) is 18.2 Å². The molecule has 0 radical (unpaired) electrons. The van der Waals surface area contributed by atoms with Crippen molar-refractivity contribution in [3.63, 3.8) is 0 Å². The van der Waals surface area contributed by atoms with Gasteiger partial charge < -0.3 is 9.30 Å². The Morgan fingerprint density at radius 3 is 2.48 bits per heavy atom. The minimum atomic E-state index is -0.749. The average molecular weight is 408 g/mol. The van der Waals surface area contributed by atoms with Gasteiger partial charge in [-0.25, -0.2) is 0 Å². The van der Waals surface area contributed by atoms with E-state index in [2.05, 4.69) is 26.8 Å². The number of hydrogen-bond acceptors (Lipinski definition) is 5. The molecule has 2 aromatic rings. The van der Waals surface area contributed by atoms with Crippen LogP contribution in [-0.4, -0.2) is 29.0 Å². The van der Waals surface area contributed by atoms with Crippen LogP contribution in [0.2, 0.25) is 0 Å². The quantitative estimate of drug-likeness (QED) is 0.557. The highest BCUT2D eigenvalue weighted by Gasteiger charge is 2.12. The molecule has 1 heterocycles. The van der Waals surface area contributed by atoms with Crippen molar-refractivity contribution < 1.29 is 19.1 Å². The molecule has 2 amide bonds. The minimum Gasteiger partial charge on any atom is -0.454 e. The predicted octanol–water partition coefficient (Wildman–Crippen LogP) is 0.615. The fourth-order valence-electron chi connectivity index (χ4n) is 1.80. The van der Waals surface area contributed by atoms with Crippen LogP contribution in [0.1, 0.15) is 10.4 Å². The van der Waals surface area contributed by atoms with Crippen LogP contribution in [0.5, 0.6) is 0 Å². The van der Waals surface area contributed by atoms with E-state index in [1.807, 2.05) is 0 Å². The summed E-state index contributed by atoms with van der Waals surface area (Å²) >= 11 is 3.22. The highest BCUT2D eigenvalue weighted by Crippen LogP contribution is 2.14. The fourth-order valence-corrected chi connectivity index (χ4v) is 2.26. The molecular weight excluding hydrogens is 394 g/mol. The van der Waals surface area contributed by atoms with Gasteiger partial charge in [0.05, 0.1) is 5.56 Å². The van der Waals surface area contributed by atoms with Crippen LogP contribution >= 0.6 is 15.9 Å². The van der Waals surface area contributed by atoms with Crippen LogP contribution in [0.25, 0.3) is 0 Å². The molecule has 9 heteroatoms. The van der Waals surface area contributed by atoms with E-state index >= 15 is 0 Å². The Morgan fingerprint density at radius 1 is 1.04 bits per heavy atom. The van der Waals surface area contributed by atoms with Crippen LogP contribution in [0.15, 0.2) is 57.9 Å². The van der Waals surface area contributed by atoms with Crippen molar-refractivity contribution in [1.82, 2.24) is 15.4 Å². The van der Waals surface area contributed by atoms with E-state index < -0.39 is 24.4 Å².